The maximum absolute atomic E-state index is 11.2. The summed E-state index contributed by atoms with van der Waals surface area (Å²) in [5, 5.41) is 10.0. The summed E-state index contributed by atoms with van der Waals surface area (Å²) in [6.45, 7) is 7.19. The highest BCUT2D eigenvalue weighted by Gasteiger charge is 2.34. The first kappa shape index (κ1) is 13.3. The fourth-order valence-electron chi connectivity index (χ4n) is 2.11. The van der Waals surface area contributed by atoms with E-state index < -0.39 is 5.97 Å². The fraction of sp³-hybridized carbons (Fsp3) is 0.692. The summed E-state index contributed by atoms with van der Waals surface area (Å²) in [4.78, 5) is 18.2. The number of hydrogen-bond donors (Lipinski definition) is 1. The molecule has 1 fully saturated rings. The Labute approximate surface area is 112 Å². The molecular weight excluding hydrogens is 248 g/mol. The number of aromatic nitrogens is 1. The molecule has 2 rings (SSSR count). The van der Waals surface area contributed by atoms with Crippen molar-refractivity contribution in [2.45, 2.75) is 33.1 Å². The second kappa shape index (κ2) is 4.88. The Kier molecular flexibility index (Phi) is 3.61. The third-order valence-corrected chi connectivity index (χ3v) is 4.67. The molecule has 0 aromatic carbocycles. The third-order valence-electron chi connectivity index (χ3n) is 3.49. The molecule has 4 nitrogen and oxygen atoms in total. The molecule has 1 aromatic heterocycles. The number of thiazole rings is 1. The molecular formula is C13H20N2O2S. The van der Waals surface area contributed by atoms with Crippen molar-refractivity contribution in [2.24, 2.45) is 11.8 Å². The van der Waals surface area contributed by atoms with Crippen molar-refractivity contribution in [3.8, 4) is 0 Å². The van der Waals surface area contributed by atoms with Crippen LogP contribution in [0.5, 0.6) is 0 Å². The maximum atomic E-state index is 11.2. The molecule has 5 heteroatoms. The van der Waals surface area contributed by atoms with E-state index in [4.69, 9.17) is 0 Å². The first-order valence-electron chi connectivity index (χ1n) is 6.35. The van der Waals surface area contributed by atoms with Gasteiger partial charge in [0.05, 0.1) is 5.69 Å². The maximum Gasteiger partial charge on any atom is 0.347 e. The summed E-state index contributed by atoms with van der Waals surface area (Å²) in [6.07, 6.45) is 1.28. The third kappa shape index (κ3) is 2.66. The molecule has 0 radical (unpaired) electrons. The fourth-order valence-corrected chi connectivity index (χ4v) is 3.14. The molecule has 1 aliphatic carbocycles. The predicted octanol–water partition coefficient (Wildman–Crippen LogP) is 3.06. The summed E-state index contributed by atoms with van der Waals surface area (Å²) in [6, 6.07) is 0. The van der Waals surface area contributed by atoms with E-state index in [9.17, 15) is 9.90 Å². The zero-order valence-electron chi connectivity index (χ0n) is 11.3. The molecule has 0 spiro atoms. The number of rotatable bonds is 5. The minimum Gasteiger partial charge on any atom is -0.477 e. The van der Waals surface area contributed by atoms with Gasteiger partial charge in [-0.25, -0.2) is 9.78 Å². The van der Waals surface area contributed by atoms with Gasteiger partial charge in [-0.05, 0) is 24.2 Å². The van der Waals surface area contributed by atoms with E-state index in [1.165, 1.54) is 17.8 Å². The monoisotopic (exact) mass is 268 g/mol. The number of anilines is 1. The van der Waals surface area contributed by atoms with Crippen LogP contribution in [0.4, 0.5) is 5.13 Å². The van der Waals surface area contributed by atoms with Gasteiger partial charge in [-0.2, -0.15) is 0 Å². The predicted molar refractivity (Wildman–Crippen MR) is 73.7 cm³/mol. The lowest BCUT2D eigenvalue weighted by atomic mass is 10.1. The molecule has 1 aromatic rings. The standard InChI is InChI=1S/C13H20N2O2S/c1-7(2)10-11(12(16)17)18-13(14-10)15(4)6-9-5-8(9)3/h7-9H,5-6H2,1-4H3,(H,16,17). The Balaban J connectivity index is 2.17. The minimum absolute atomic E-state index is 0.148. The lowest BCUT2D eigenvalue weighted by Gasteiger charge is -2.15. The van der Waals surface area contributed by atoms with Gasteiger partial charge < -0.3 is 10.0 Å². The topological polar surface area (TPSA) is 53.4 Å². The molecule has 0 bridgehead atoms. The van der Waals surface area contributed by atoms with Gasteiger partial charge in [0.2, 0.25) is 0 Å². The van der Waals surface area contributed by atoms with Gasteiger partial charge in [0.25, 0.3) is 0 Å². The molecule has 0 aliphatic heterocycles. The number of carbonyl (C=O) groups is 1. The van der Waals surface area contributed by atoms with Crippen LogP contribution < -0.4 is 4.90 Å². The van der Waals surface area contributed by atoms with Crippen LogP contribution >= 0.6 is 11.3 Å². The number of aromatic carboxylic acids is 1. The van der Waals surface area contributed by atoms with E-state index in [-0.39, 0.29) is 5.92 Å². The molecule has 1 N–H and O–H groups in total. The highest BCUT2D eigenvalue weighted by Crippen LogP contribution is 2.39. The molecule has 2 atom stereocenters. The van der Waals surface area contributed by atoms with E-state index in [0.29, 0.717) is 10.6 Å². The van der Waals surface area contributed by atoms with Gasteiger partial charge in [0.15, 0.2) is 5.13 Å². The van der Waals surface area contributed by atoms with Gasteiger partial charge >= 0.3 is 5.97 Å². The first-order valence-corrected chi connectivity index (χ1v) is 7.17. The van der Waals surface area contributed by atoms with E-state index in [0.717, 1.165) is 23.5 Å². The Hall–Kier alpha value is -1.10. The van der Waals surface area contributed by atoms with Crippen LogP contribution in [0.1, 0.15) is 48.5 Å². The molecule has 0 saturated heterocycles. The van der Waals surface area contributed by atoms with Gasteiger partial charge in [0.1, 0.15) is 4.88 Å². The van der Waals surface area contributed by atoms with Crippen molar-refractivity contribution in [3.63, 3.8) is 0 Å². The Bertz CT molecular complexity index is 456. The molecule has 1 aliphatic rings. The normalized spacial score (nSPS) is 22.3. The molecule has 1 heterocycles. The molecule has 0 amide bonds. The van der Waals surface area contributed by atoms with Crippen LogP contribution in [-0.2, 0) is 0 Å². The van der Waals surface area contributed by atoms with Crippen molar-refractivity contribution in [2.75, 3.05) is 18.5 Å². The number of nitrogens with zero attached hydrogens (tertiary/aromatic N) is 2. The zero-order valence-corrected chi connectivity index (χ0v) is 12.1. The minimum atomic E-state index is -0.865. The van der Waals surface area contributed by atoms with Gasteiger partial charge in [-0.1, -0.05) is 32.1 Å². The zero-order chi connectivity index (χ0) is 13.4. The highest BCUT2D eigenvalue weighted by molar-refractivity contribution is 7.17. The second-order valence-electron chi connectivity index (χ2n) is 5.52. The lowest BCUT2D eigenvalue weighted by Crippen LogP contribution is -2.20. The van der Waals surface area contributed by atoms with Gasteiger partial charge in [-0.15, -0.1) is 0 Å². The average molecular weight is 268 g/mol. The molecule has 100 valence electrons. The Morgan fingerprint density at radius 2 is 2.22 bits per heavy atom. The van der Waals surface area contributed by atoms with E-state index >= 15 is 0 Å². The summed E-state index contributed by atoms with van der Waals surface area (Å²) in [7, 11) is 2.00. The van der Waals surface area contributed by atoms with Crippen molar-refractivity contribution >= 4 is 22.4 Å². The van der Waals surface area contributed by atoms with Gasteiger partial charge in [0, 0.05) is 13.6 Å². The summed E-state index contributed by atoms with van der Waals surface area (Å²) in [5.41, 5.74) is 0.707. The van der Waals surface area contributed by atoms with E-state index in [1.54, 1.807) is 0 Å². The Morgan fingerprint density at radius 1 is 1.61 bits per heavy atom. The molecule has 2 unspecified atom stereocenters. The van der Waals surface area contributed by atoms with Crippen LogP contribution in [0.15, 0.2) is 0 Å². The summed E-state index contributed by atoms with van der Waals surface area (Å²) < 4.78 is 0. The van der Waals surface area contributed by atoms with Crippen LogP contribution in [0.3, 0.4) is 0 Å². The Morgan fingerprint density at radius 3 is 2.61 bits per heavy atom. The van der Waals surface area contributed by atoms with Crippen molar-refractivity contribution in [1.82, 2.24) is 4.98 Å². The van der Waals surface area contributed by atoms with E-state index in [1.807, 2.05) is 20.9 Å². The number of hydrogen-bond acceptors (Lipinski definition) is 4. The highest BCUT2D eigenvalue weighted by atomic mass is 32.1. The quantitative estimate of drug-likeness (QED) is 0.891. The second-order valence-corrected chi connectivity index (χ2v) is 6.50. The summed E-state index contributed by atoms with van der Waals surface area (Å²) >= 11 is 1.29. The largest absolute Gasteiger partial charge is 0.477 e. The molecule has 18 heavy (non-hydrogen) atoms. The van der Waals surface area contributed by atoms with Crippen molar-refractivity contribution in [1.29, 1.82) is 0 Å². The lowest BCUT2D eigenvalue weighted by molar-refractivity contribution is 0.0700. The molecule has 1 saturated carbocycles. The van der Waals surface area contributed by atoms with Crippen LogP contribution in [-0.4, -0.2) is 29.7 Å². The average Bonchev–Trinajstić information content (AvgIpc) is 2.82. The van der Waals surface area contributed by atoms with Crippen molar-refractivity contribution in [3.05, 3.63) is 10.6 Å². The summed E-state index contributed by atoms with van der Waals surface area (Å²) in [5.74, 6) is 0.829. The van der Waals surface area contributed by atoms with Crippen LogP contribution in [0.2, 0.25) is 0 Å². The van der Waals surface area contributed by atoms with Crippen LogP contribution in [0, 0.1) is 11.8 Å². The van der Waals surface area contributed by atoms with Crippen LogP contribution in [0.25, 0.3) is 0 Å². The van der Waals surface area contributed by atoms with Gasteiger partial charge in [-0.3, -0.25) is 0 Å². The van der Waals surface area contributed by atoms with Crippen molar-refractivity contribution < 1.29 is 9.90 Å². The smallest absolute Gasteiger partial charge is 0.347 e. The number of carboxylic acid groups (broad SMARTS) is 1. The first-order chi connectivity index (χ1) is 8.40. The SMILES string of the molecule is CC(C)c1nc(N(C)CC2CC2C)sc1C(=O)O. The van der Waals surface area contributed by atoms with E-state index in [2.05, 4.69) is 16.8 Å². The number of carboxylic acids is 1.